The van der Waals surface area contributed by atoms with Gasteiger partial charge in [0.1, 0.15) is 17.1 Å². The standard InChI is InChI=1S/C23H16BrN3O6/c1-2-13-3-5-14(6-4-13)26-22(29)18(21(28)25-23(26)30)12-16-8-10-20(33-16)17-9-7-15(27(31)32)11-19(17)24/h3-12H,2H2,1H3,(H,25,28,30)/b18-12+. The molecule has 1 aromatic heterocycles. The fourth-order valence-corrected chi connectivity index (χ4v) is 3.87. The first-order valence-corrected chi connectivity index (χ1v) is 10.6. The lowest BCUT2D eigenvalue weighted by Crippen LogP contribution is -2.54. The summed E-state index contributed by atoms with van der Waals surface area (Å²) in [6, 6.07) is 13.4. The van der Waals surface area contributed by atoms with Crippen molar-refractivity contribution in [3.63, 3.8) is 0 Å². The zero-order valence-electron chi connectivity index (χ0n) is 17.2. The van der Waals surface area contributed by atoms with Crippen LogP contribution in [0.3, 0.4) is 0 Å². The van der Waals surface area contributed by atoms with Crippen molar-refractivity contribution in [2.75, 3.05) is 4.90 Å². The van der Waals surface area contributed by atoms with Gasteiger partial charge in [-0.15, -0.1) is 0 Å². The van der Waals surface area contributed by atoms with Gasteiger partial charge in [-0.2, -0.15) is 0 Å². The fraction of sp³-hybridized carbons (Fsp3) is 0.0870. The Morgan fingerprint density at radius 1 is 1.09 bits per heavy atom. The number of hydrogen-bond acceptors (Lipinski definition) is 6. The number of nitrogens with one attached hydrogen (secondary N) is 1. The molecule has 1 fully saturated rings. The Balaban J connectivity index is 1.65. The molecule has 1 aliphatic rings. The van der Waals surface area contributed by atoms with Crippen molar-refractivity contribution in [3.05, 3.63) is 86.1 Å². The zero-order valence-corrected chi connectivity index (χ0v) is 18.8. The predicted molar refractivity (Wildman–Crippen MR) is 123 cm³/mol. The lowest BCUT2D eigenvalue weighted by atomic mass is 10.1. The molecule has 0 unspecified atom stereocenters. The van der Waals surface area contributed by atoms with Crippen molar-refractivity contribution >= 4 is 51.2 Å². The number of nitro benzene ring substituents is 1. The molecular weight excluding hydrogens is 494 g/mol. The van der Waals surface area contributed by atoms with Gasteiger partial charge in [-0.1, -0.05) is 19.1 Å². The Hall–Kier alpha value is -4.05. The number of benzene rings is 2. The fourth-order valence-electron chi connectivity index (χ4n) is 3.31. The normalized spacial score (nSPS) is 15.2. The van der Waals surface area contributed by atoms with E-state index in [1.165, 1.54) is 24.3 Å². The molecule has 0 radical (unpaired) electrons. The van der Waals surface area contributed by atoms with Gasteiger partial charge in [0.2, 0.25) is 0 Å². The van der Waals surface area contributed by atoms with Crippen molar-refractivity contribution in [2.45, 2.75) is 13.3 Å². The number of non-ortho nitro benzene ring substituents is 1. The van der Waals surface area contributed by atoms with Crippen LogP contribution >= 0.6 is 15.9 Å². The number of carbonyl (C=O) groups excluding carboxylic acids is 3. The highest BCUT2D eigenvalue weighted by Gasteiger charge is 2.37. The summed E-state index contributed by atoms with van der Waals surface area (Å²) in [5.41, 5.74) is 1.58. The average Bonchev–Trinajstić information content (AvgIpc) is 3.25. The molecule has 1 N–H and O–H groups in total. The molecule has 4 rings (SSSR count). The van der Waals surface area contributed by atoms with E-state index in [1.807, 2.05) is 6.92 Å². The number of rotatable bonds is 5. The second-order valence-electron chi connectivity index (χ2n) is 7.10. The summed E-state index contributed by atoms with van der Waals surface area (Å²) in [4.78, 5) is 49.0. The van der Waals surface area contributed by atoms with Crippen LogP contribution in [-0.2, 0) is 16.0 Å². The number of imide groups is 2. The number of furan rings is 1. The monoisotopic (exact) mass is 509 g/mol. The molecule has 0 aliphatic carbocycles. The number of nitrogens with zero attached hydrogens (tertiary/aromatic N) is 2. The summed E-state index contributed by atoms with van der Waals surface area (Å²) >= 11 is 3.29. The number of hydrogen-bond donors (Lipinski definition) is 1. The summed E-state index contributed by atoms with van der Waals surface area (Å²) in [5.74, 6) is -1.04. The van der Waals surface area contributed by atoms with Gasteiger partial charge in [0.15, 0.2) is 0 Å². The molecule has 10 heteroatoms. The Morgan fingerprint density at radius 3 is 2.45 bits per heavy atom. The van der Waals surface area contributed by atoms with E-state index in [2.05, 4.69) is 21.2 Å². The lowest BCUT2D eigenvalue weighted by molar-refractivity contribution is -0.384. The van der Waals surface area contributed by atoms with E-state index in [1.54, 1.807) is 36.4 Å². The highest BCUT2D eigenvalue weighted by molar-refractivity contribution is 9.10. The van der Waals surface area contributed by atoms with Crippen molar-refractivity contribution < 1.29 is 23.7 Å². The largest absolute Gasteiger partial charge is 0.457 e. The van der Waals surface area contributed by atoms with Crippen LogP contribution in [0.15, 0.2) is 69.1 Å². The smallest absolute Gasteiger partial charge is 0.335 e. The summed E-state index contributed by atoms with van der Waals surface area (Å²) in [6.45, 7) is 1.99. The summed E-state index contributed by atoms with van der Waals surface area (Å²) in [7, 11) is 0. The third-order valence-electron chi connectivity index (χ3n) is 5.05. The van der Waals surface area contributed by atoms with Gasteiger partial charge in [0, 0.05) is 22.2 Å². The van der Waals surface area contributed by atoms with Crippen molar-refractivity contribution in [3.8, 4) is 11.3 Å². The number of amides is 4. The van der Waals surface area contributed by atoms with E-state index in [9.17, 15) is 24.5 Å². The second-order valence-corrected chi connectivity index (χ2v) is 7.96. The SMILES string of the molecule is CCc1ccc(N2C(=O)NC(=O)/C(=C\c3ccc(-c4ccc([N+](=O)[O-])cc4Br)o3)C2=O)cc1. The van der Waals surface area contributed by atoms with Gasteiger partial charge in [-0.25, -0.2) is 9.69 Å². The third kappa shape index (κ3) is 4.33. The maximum absolute atomic E-state index is 13.0. The van der Waals surface area contributed by atoms with Crippen LogP contribution in [-0.4, -0.2) is 22.8 Å². The first-order chi connectivity index (χ1) is 15.8. The lowest BCUT2D eigenvalue weighted by Gasteiger charge is -2.26. The average molecular weight is 510 g/mol. The molecule has 0 bridgehead atoms. The number of nitro groups is 1. The predicted octanol–water partition coefficient (Wildman–Crippen LogP) is 4.85. The molecule has 9 nitrogen and oxygen atoms in total. The van der Waals surface area contributed by atoms with Gasteiger partial charge in [-0.05, 0) is 64.3 Å². The number of urea groups is 1. The van der Waals surface area contributed by atoms with E-state index in [4.69, 9.17) is 4.42 Å². The van der Waals surface area contributed by atoms with Crippen LogP contribution in [0.2, 0.25) is 0 Å². The Labute approximate surface area is 196 Å². The number of barbiturate groups is 1. The van der Waals surface area contributed by atoms with Gasteiger partial charge in [-0.3, -0.25) is 25.0 Å². The number of aryl methyl sites for hydroxylation is 1. The summed E-state index contributed by atoms with van der Waals surface area (Å²) in [6.07, 6.45) is 2.05. The van der Waals surface area contributed by atoms with Crippen molar-refractivity contribution in [1.29, 1.82) is 0 Å². The summed E-state index contributed by atoms with van der Waals surface area (Å²) < 4.78 is 6.18. The van der Waals surface area contributed by atoms with Gasteiger partial charge in [0.05, 0.1) is 10.6 Å². The van der Waals surface area contributed by atoms with Crippen LogP contribution in [0.1, 0.15) is 18.2 Å². The first kappa shape index (κ1) is 22.2. The van der Waals surface area contributed by atoms with Gasteiger partial charge in [0.25, 0.3) is 17.5 Å². The van der Waals surface area contributed by atoms with E-state index in [0.29, 0.717) is 21.5 Å². The quantitative estimate of drug-likeness (QED) is 0.227. The van der Waals surface area contributed by atoms with Crippen LogP contribution in [0.5, 0.6) is 0 Å². The minimum Gasteiger partial charge on any atom is -0.457 e. The highest BCUT2D eigenvalue weighted by atomic mass is 79.9. The molecule has 2 heterocycles. The van der Waals surface area contributed by atoms with Crippen LogP contribution in [0.4, 0.5) is 16.2 Å². The molecule has 0 saturated carbocycles. The Bertz CT molecular complexity index is 1330. The Morgan fingerprint density at radius 2 is 1.82 bits per heavy atom. The highest BCUT2D eigenvalue weighted by Crippen LogP contribution is 2.33. The minimum atomic E-state index is -0.833. The number of carbonyl (C=O) groups is 3. The summed E-state index contributed by atoms with van der Waals surface area (Å²) in [5, 5.41) is 13.1. The van der Waals surface area contributed by atoms with Crippen molar-refractivity contribution in [2.24, 2.45) is 0 Å². The minimum absolute atomic E-state index is 0.0827. The maximum Gasteiger partial charge on any atom is 0.335 e. The zero-order chi connectivity index (χ0) is 23.7. The van der Waals surface area contributed by atoms with E-state index >= 15 is 0 Å². The molecule has 1 aliphatic heterocycles. The van der Waals surface area contributed by atoms with Gasteiger partial charge >= 0.3 is 6.03 Å². The molecule has 0 atom stereocenters. The topological polar surface area (TPSA) is 123 Å². The molecule has 0 spiro atoms. The number of halogens is 1. The molecule has 3 aromatic rings. The molecular formula is C23H16BrN3O6. The van der Waals surface area contributed by atoms with Crippen LogP contribution in [0, 0.1) is 10.1 Å². The van der Waals surface area contributed by atoms with Crippen LogP contribution in [0.25, 0.3) is 17.4 Å². The van der Waals surface area contributed by atoms with E-state index < -0.39 is 22.8 Å². The van der Waals surface area contributed by atoms with Gasteiger partial charge < -0.3 is 4.42 Å². The number of anilines is 1. The molecule has 166 valence electrons. The molecule has 2 aromatic carbocycles. The first-order valence-electron chi connectivity index (χ1n) is 9.83. The maximum atomic E-state index is 13.0. The molecule has 4 amide bonds. The third-order valence-corrected chi connectivity index (χ3v) is 5.70. The van der Waals surface area contributed by atoms with E-state index in [-0.39, 0.29) is 17.0 Å². The van der Waals surface area contributed by atoms with Crippen LogP contribution < -0.4 is 10.2 Å². The van der Waals surface area contributed by atoms with E-state index in [0.717, 1.165) is 16.9 Å². The second kappa shape index (κ2) is 8.83. The Kier molecular flexibility index (Phi) is 5.93. The molecule has 1 saturated heterocycles. The molecule has 33 heavy (non-hydrogen) atoms. The van der Waals surface area contributed by atoms with Crippen molar-refractivity contribution in [1.82, 2.24) is 5.32 Å².